The van der Waals surface area contributed by atoms with Gasteiger partial charge in [0, 0.05) is 12.1 Å². The molecule has 0 saturated heterocycles. The second-order valence-corrected chi connectivity index (χ2v) is 6.68. The lowest BCUT2D eigenvalue weighted by molar-refractivity contribution is -0.394. The molecule has 132 valence electrons. The molecule has 0 radical (unpaired) electrons. The molecule has 0 fully saturated rings. The second-order valence-electron chi connectivity index (χ2n) is 5.65. The number of thiazole rings is 1. The predicted octanol–water partition coefficient (Wildman–Crippen LogP) is 3.98. The van der Waals surface area contributed by atoms with Gasteiger partial charge in [0.05, 0.1) is 31.7 Å². The number of nitro benzene ring substituents is 2. The minimum Gasteiger partial charge on any atom is -0.298 e. The first-order valence-electron chi connectivity index (χ1n) is 7.37. The van der Waals surface area contributed by atoms with Gasteiger partial charge in [0.25, 0.3) is 17.3 Å². The van der Waals surface area contributed by atoms with Crippen LogP contribution in [-0.4, -0.2) is 20.7 Å². The quantitative estimate of drug-likeness (QED) is 0.545. The summed E-state index contributed by atoms with van der Waals surface area (Å²) in [5.41, 5.74) is 1.53. The molecule has 0 atom stereocenters. The standard InChI is InChI=1S/C16H12N4O5S/c1-8-3-9(2)14-13(4-8)26-16(17-14)18-15(21)10-5-11(19(22)23)7-12(6-10)20(24)25/h3-7H,1-2H3,(H,17,18,21). The van der Waals surface area contributed by atoms with Gasteiger partial charge in [-0.25, -0.2) is 4.98 Å². The number of nitro groups is 2. The number of hydrogen-bond acceptors (Lipinski definition) is 7. The fraction of sp³-hybridized carbons (Fsp3) is 0.125. The van der Waals surface area contributed by atoms with E-state index in [4.69, 9.17) is 0 Å². The van der Waals surface area contributed by atoms with Crippen molar-refractivity contribution in [3.8, 4) is 0 Å². The second kappa shape index (κ2) is 6.48. The van der Waals surface area contributed by atoms with E-state index in [2.05, 4.69) is 10.3 Å². The number of carbonyl (C=O) groups excluding carboxylic acids is 1. The molecule has 0 aliphatic carbocycles. The maximum Gasteiger partial charge on any atom is 0.277 e. The normalized spacial score (nSPS) is 10.7. The Hall–Kier alpha value is -3.40. The van der Waals surface area contributed by atoms with Crippen molar-refractivity contribution in [3.05, 3.63) is 67.3 Å². The van der Waals surface area contributed by atoms with Crippen LogP contribution in [-0.2, 0) is 0 Å². The number of fused-ring (bicyclic) bond motifs is 1. The van der Waals surface area contributed by atoms with Crippen LogP contribution in [0.2, 0.25) is 0 Å². The fourth-order valence-electron chi connectivity index (χ4n) is 2.53. The Morgan fingerprint density at radius 1 is 1.04 bits per heavy atom. The molecule has 0 saturated carbocycles. The fourth-order valence-corrected chi connectivity index (χ4v) is 3.57. The SMILES string of the molecule is Cc1cc(C)c2nc(NC(=O)c3cc([N+](=O)[O-])cc([N+](=O)[O-])c3)sc2c1. The van der Waals surface area contributed by atoms with Gasteiger partial charge in [0.2, 0.25) is 0 Å². The van der Waals surface area contributed by atoms with E-state index in [1.807, 2.05) is 26.0 Å². The van der Waals surface area contributed by atoms with Gasteiger partial charge in [0.1, 0.15) is 0 Å². The Bertz CT molecular complexity index is 1040. The summed E-state index contributed by atoms with van der Waals surface area (Å²) in [6.07, 6.45) is 0. The largest absolute Gasteiger partial charge is 0.298 e. The van der Waals surface area contributed by atoms with Crippen LogP contribution in [0.15, 0.2) is 30.3 Å². The number of non-ortho nitro benzene ring substituents is 2. The molecule has 0 unspecified atom stereocenters. The molecule has 2 aromatic carbocycles. The number of hydrogen-bond donors (Lipinski definition) is 1. The summed E-state index contributed by atoms with van der Waals surface area (Å²) in [6.45, 7) is 3.86. The summed E-state index contributed by atoms with van der Waals surface area (Å²) in [5, 5.41) is 24.7. The molecule has 26 heavy (non-hydrogen) atoms. The maximum atomic E-state index is 12.4. The van der Waals surface area contributed by atoms with E-state index >= 15 is 0 Å². The van der Waals surface area contributed by atoms with Gasteiger partial charge >= 0.3 is 0 Å². The molecule has 0 aliphatic heterocycles. The van der Waals surface area contributed by atoms with E-state index in [0.717, 1.165) is 39.5 Å². The highest BCUT2D eigenvalue weighted by molar-refractivity contribution is 7.22. The lowest BCUT2D eigenvalue weighted by atomic mass is 10.1. The number of benzene rings is 2. The monoisotopic (exact) mass is 372 g/mol. The third-order valence-corrected chi connectivity index (χ3v) is 4.55. The molecule has 1 amide bonds. The third-order valence-electron chi connectivity index (χ3n) is 3.64. The molecule has 0 bridgehead atoms. The minimum atomic E-state index is -0.784. The van der Waals surface area contributed by atoms with E-state index in [0.29, 0.717) is 5.13 Å². The number of nitrogens with one attached hydrogen (secondary N) is 1. The van der Waals surface area contributed by atoms with Crippen molar-refractivity contribution in [1.29, 1.82) is 0 Å². The molecule has 1 aromatic heterocycles. The highest BCUT2D eigenvalue weighted by Crippen LogP contribution is 2.30. The number of rotatable bonds is 4. The molecule has 1 N–H and O–H groups in total. The zero-order valence-corrected chi connectivity index (χ0v) is 14.5. The smallest absolute Gasteiger partial charge is 0.277 e. The average molecular weight is 372 g/mol. The first-order chi connectivity index (χ1) is 12.2. The van der Waals surface area contributed by atoms with Crippen LogP contribution in [0.1, 0.15) is 21.5 Å². The van der Waals surface area contributed by atoms with Crippen molar-refractivity contribution < 1.29 is 14.6 Å². The Labute approximate surface area is 150 Å². The zero-order chi connectivity index (χ0) is 19.0. The number of aryl methyl sites for hydroxylation is 2. The molecular formula is C16H12N4O5S. The van der Waals surface area contributed by atoms with Crippen LogP contribution < -0.4 is 5.32 Å². The Morgan fingerprint density at radius 2 is 1.65 bits per heavy atom. The van der Waals surface area contributed by atoms with E-state index in [1.165, 1.54) is 11.3 Å². The first kappa shape index (κ1) is 17.4. The number of carbonyl (C=O) groups is 1. The van der Waals surface area contributed by atoms with Crippen LogP contribution in [0, 0.1) is 34.1 Å². The van der Waals surface area contributed by atoms with Crippen molar-refractivity contribution in [2.24, 2.45) is 0 Å². The van der Waals surface area contributed by atoms with Crippen molar-refractivity contribution in [2.75, 3.05) is 5.32 Å². The average Bonchev–Trinajstić information content (AvgIpc) is 2.96. The summed E-state index contributed by atoms with van der Waals surface area (Å²) >= 11 is 1.26. The van der Waals surface area contributed by atoms with Crippen molar-refractivity contribution in [3.63, 3.8) is 0 Å². The lowest BCUT2D eigenvalue weighted by Crippen LogP contribution is -2.12. The third kappa shape index (κ3) is 3.35. The van der Waals surface area contributed by atoms with Gasteiger partial charge in [-0.3, -0.25) is 30.3 Å². The lowest BCUT2D eigenvalue weighted by Gasteiger charge is -2.02. The van der Waals surface area contributed by atoms with Crippen LogP contribution >= 0.6 is 11.3 Å². The van der Waals surface area contributed by atoms with E-state index in [1.54, 1.807) is 0 Å². The van der Waals surface area contributed by atoms with Gasteiger partial charge in [-0.05, 0) is 31.0 Å². The van der Waals surface area contributed by atoms with Gasteiger partial charge in [0.15, 0.2) is 5.13 Å². The van der Waals surface area contributed by atoms with Crippen LogP contribution in [0.4, 0.5) is 16.5 Å². The summed E-state index contributed by atoms with van der Waals surface area (Å²) < 4.78 is 0.892. The van der Waals surface area contributed by atoms with Crippen molar-refractivity contribution >= 4 is 44.0 Å². The van der Waals surface area contributed by atoms with Crippen molar-refractivity contribution in [2.45, 2.75) is 13.8 Å². The van der Waals surface area contributed by atoms with Gasteiger partial charge in [-0.15, -0.1) is 0 Å². The number of amides is 1. The Morgan fingerprint density at radius 3 is 2.23 bits per heavy atom. The molecule has 9 nitrogen and oxygen atoms in total. The zero-order valence-electron chi connectivity index (χ0n) is 13.7. The van der Waals surface area contributed by atoms with E-state index < -0.39 is 27.1 Å². The summed E-state index contributed by atoms with van der Waals surface area (Å²) in [6, 6.07) is 6.70. The Kier molecular flexibility index (Phi) is 4.34. The van der Waals surface area contributed by atoms with Crippen molar-refractivity contribution in [1.82, 2.24) is 4.98 Å². The molecular weight excluding hydrogens is 360 g/mol. The number of nitrogens with zero attached hydrogens (tertiary/aromatic N) is 3. The molecule has 3 rings (SSSR count). The molecule has 3 aromatic rings. The minimum absolute atomic E-state index is 0.182. The van der Waals surface area contributed by atoms with Crippen LogP contribution in [0.3, 0.4) is 0 Å². The molecule has 1 heterocycles. The molecule has 0 spiro atoms. The predicted molar refractivity (Wildman–Crippen MR) is 96.8 cm³/mol. The van der Waals surface area contributed by atoms with Crippen LogP contribution in [0.25, 0.3) is 10.2 Å². The highest BCUT2D eigenvalue weighted by Gasteiger charge is 2.20. The summed E-state index contributed by atoms with van der Waals surface area (Å²) in [7, 11) is 0. The van der Waals surface area contributed by atoms with E-state index in [-0.39, 0.29) is 5.56 Å². The number of aromatic nitrogens is 1. The topological polar surface area (TPSA) is 128 Å². The van der Waals surface area contributed by atoms with Crippen LogP contribution in [0.5, 0.6) is 0 Å². The molecule has 10 heteroatoms. The van der Waals surface area contributed by atoms with Gasteiger partial charge < -0.3 is 0 Å². The summed E-state index contributed by atoms with van der Waals surface area (Å²) in [5.74, 6) is -0.703. The summed E-state index contributed by atoms with van der Waals surface area (Å²) in [4.78, 5) is 37.1. The number of anilines is 1. The van der Waals surface area contributed by atoms with E-state index in [9.17, 15) is 25.0 Å². The first-order valence-corrected chi connectivity index (χ1v) is 8.19. The van der Waals surface area contributed by atoms with Gasteiger partial charge in [-0.1, -0.05) is 17.4 Å². The maximum absolute atomic E-state index is 12.4. The molecule has 0 aliphatic rings. The highest BCUT2D eigenvalue weighted by atomic mass is 32.1. The van der Waals surface area contributed by atoms with Gasteiger partial charge in [-0.2, -0.15) is 0 Å². The Balaban J connectivity index is 1.96.